The minimum absolute atomic E-state index is 0.0344. The van der Waals surface area contributed by atoms with Crippen molar-refractivity contribution in [3.8, 4) is 0 Å². The molecule has 0 aliphatic heterocycles. The lowest BCUT2D eigenvalue weighted by atomic mass is 10.1. The molecule has 0 saturated carbocycles. The van der Waals surface area contributed by atoms with Crippen LogP contribution in [0.4, 0.5) is 5.82 Å². The van der Waals surface area contributed by atoms with E-state index in [-0.39, 0.29) is 32.9 Å². The molecule has 0 fully saturated rings. The Morgan fingerprint density at radius 2 is 1.82 bits per heavy atom. The highest BCUT2D eigenvalue weighted by atomic mass is 35.5. The van der Waals surface area contributed by atoms with E-state index >= 15 is 0 Å². The molecule has 2 aromatic heterocycles. The predicted octanol–water partition coefficient (Wildman–Crippen LogP) is 4.94. The topological polar surface area (TPSA) is 94.4 Å². The third-order valence-electron chi connectivity index (χ3n) is 5.22. The monoisotopic (exact) mass is 518 g/mol. The fourth-order valence-corrected chi connectivity index (χ4v) is 5.48. The number of benzene rings is 2. The van der Waals surface area contributed by atoms with Crippen LogP contribution in [0.25, 0.3) is 10.9 Å². The van der Waals surface area contributed by atoms with Crippen molar-refractivity contribution in [2.75, 3.05) is 11.4 Å². The van der Waals surface area contributed by atoms with Crippen LogP contribution < -0.4 is 4.31 Å². The molecule has 0 N–H and O–H groups in total. The van der Waals surface area contributed by atoms with E-state index in [9.17, 15) is 13.2 Å². The first-order valence-corrected chi connectivity index (χ1v) is 12.4. The highest BCUT2D eigenvalue weighted by Crippen LogP contribution is 2.32. The lowest BCUT2D eigenvalue weighted by Gasteiger charge is -2.24. The summed E-state index contributed by atoms with van der Waals surface area (Å²) < 4.78 is 35.1. The number of sulfonamides is 1. The molecule has 2 aromatic carbocycles. The van der Waals surface area contributed by atoms with Crippen LogP contribution in [-0.2, 0) is 27.8 Å². The van der Waals surface area contributed by atoms with Crippen LogP contribution in [0.5, 0.6) is 0 Å². The number of carbonyl (C=O) groups excluding carboxylic acids is 1. The van der Waals surface area contributed by atoms with Gasteiger partial charge in [0, 0.05) is 18.1 Å². The Bertz CT molecular complexity index is 1470. The average molecular weight is 519 g/mol. The van der Waals surface area contributed by atoms with Gasteiger partial charge in [-0.1, -0.05) is 29.3 Å². The van der Waals surface area contributed by atoms with Gasteiger partial charge in [0.05, 0.1) is 45.9 Å². The molecule has 11 heteroatoms. The second-order valence-electron chi connectivity index (χ2n) is 7.34. The summed E-state index contributed by atoms with van der Waals surface area (Å²) in [7, 11) is -2.87. The van der Waals surface area contributed by atoms with Gasteiger partial charge in [-0.25, -0.2) is 22.5 Å². The van der Waals surface area contributed by atoms with E-state index in [1.54, 1.807) is 6.20 Å². The van der Waals surface area contributed by atoms with E-state index in [2.05, 4.69) is 14.8 Å². The molecule has 0 radical (unpaired) electrons. The number of methoxy groups -OCH3 is 1. The van der Waals surface area contributed by atoms with Crippen LogP contribution in [0.2, 0.25) is 10.0 Å². The van der Waals surface area contributed by atoms with Gasteiger partial charge in [-0.15, -0.1) is 0 Å². The van der Waals surface area contributed by atoms with Crippen LogP contribution in [-0.4, -0.2) is 36.3 Å². The van der Waals surface area contributed by atoms with E-state index in [4.69, 9.17) is 23.2 Å². The van der Waals surface area contributed by atoms with Gasteiger partial charge < -0.3 is 4.74 Å². The maximum absolute atomic E-state index is 13.7. The van der Waals surface area contributed by atoms with Crippen molar-refractivity contribution >= 4 is 55.9 Å². The smallest absolute Gasteiger partial charge is 0.337 e. The first-order valence-electron chi connectivity index (χ1n) is 10.2. The highest BCUT2D eigenvalue weighted by Gasteiger charge is 2.28. The van der Waals surface area contributed by atoms with Crippen LogP contribution in [0.15, 0.2) is 65.8 Å². The molecule has 8 nitrogen and oxygen atoms in total. The lowest BCUT2D eigenvalue weighted by Crippen LogP contribution is -2.31. The predicted molar refractivity (Wildman–Crippen MR) is 131 cm³/mol. The Hall–Kier alpha value is -3.14. The Morgan fingerprint density at radius 3 is 2.47 bits per heavy atom. The van der Waals surface area contributed by atoms with Crippen LogP contribution in [0, 0.1) is 0 Å². The lowest BCUT2D eigenvalue weighted by molar-refractivity contribution is 0.0600. The minimum Gasteiger partial charge on any atom is -0.465 e. The molecular formula is C23H20Cl2N4O4S. The van der Waals surface area contributed by atoms with Crippen molar-refractivity contribution in [1.82, 2.24) is 14.8 Å². The largest absolute Gasteiger partial charge is 0.465 e. The number of pyridine rings is 1. The molecule has 34 heavy (non-hydrogen) atoms. The molecular weight excluding hydrogens is 499 g/mol. The summed E-state index contributed by atoms with van der Waals surface area (Å²) in [6.07, 6.45) is 3.07. The van der Waals surface area contributed by atoms with Gasteiger partial charge in [0.15, 0.2) is 5.82 Å². The normalized spacial score (nSPS) is 11.5. The molecule has 0 spiro atoms. The van der Waals surface area contributed by atoms with Crippen molar-refractivity contribution in [2.45, 2.75) is 24.9 Å². The number of carbonyl (C=O) groups is 1. The molecule has 4 rings (SSSR count). The zero-order chi connectivity index (χ0) is 24.5. The number of anilines is 1. The summed E-state index contributed by atoms with van der Waals surface area (Å²) in [5.41, 5.74) is 1.89. The molecule has 0 aliphatic carbocycles. The number of aryl methyl sites for hydroxylation is 1. The zero-order valence-corrected chi connectivity index (χ0v) is 20.6. The van der Waals surface area contributed by atoms with Gasteiger partial charge in [-0.05, 0) is 55.0 Å². The summed E-state index contributed by atoms with van der Waals surface area (Å²) >= 11 is 12.3. The first kappa shape index (κ1) is 24.0. The number of halogens is 2. The summed E-state index contributed by atoms with van der Waals surface area (Å²) in [5.74, 6) is -0.531. The number of esters is 1. The SMILES string of the molecule is CCn1ncc2cc(CN(c3ncc(Cl)cc3Cl)S(=O)(=O)c3ccc(C(=O)OC)cc3)ccc21. The zero-order valence-electron chi connectivity index (χ0n) is 18.3. The summed E-state index contributed by atoms with van der Waals surface area (Å²) in [6, 6.07) is 12.5. The third kappa shape index (κ3) is 4.59. The van der Waals surface area contributed by atoms with Gasteiger partial charge >= 0.3 is 5.97 Å². The van der Waals surface area contributed by atoms with Gasteiger partial charge in [-0.2, -0.15) is 5.10 Å². The molecule has 0 saturated heterocycles. The van der Waals surface area contributed by atoms with Gasteiger partial charge in [0.2, 0.25) is 0 Å². The number of rotatable bonds is 7. The fourth-order valence-electron chi connectivity index (χ4n) is 3.53. The van der Waals surface area contributed by atoms with Gasteiger partial charge in [-0.3, -0.25) is 4.68 Å². The van der Waals surface area contributed by atoms with Crippen LogP contribution in [0.3, 0.4) is 0 Å². The Balaban J connectivity index is 1.78. The average Bonchev–Trinajstić information content (AvgIpc) is 3.25. The molecule has 0 bridgehead atoms. The second kappa shape index (κ2) is 9.61. The molecule has 0 aliphatic rings. The number of fused-ring (bicyclic) bond motifs is 1. The summed E-state index contributed by atoms with van der Waals surface area (Å²) in [5, 5.41) is 5.59. The standard InChI is InChI=1S/C23H20Cl2N4O4S/c1-3-28-21-9-4-15(10-17(21)12-27-28)14-29(22-20(25)11-18(24)13-26-22)34(31,32)19-7-5-16(6-8-19)23(30)33-2/h4-13H,3,14H2,1-2H3. The number of hydrogen-bond donors (Lipinski definition) is 0. The summed E-state index contributed by atoms with van der Waals surface area (Å²) in [6.45, 7) is 2.67. The van der Waals surface area contributed by atoms with Crippen molar-refractivity contribution in [1.29, 1.82) is 0 Å². The Labute approximate surface area is 206 Å². The Kier molecular flexibility index (Phi) is 6.79. The number of aromatic nitrogens is 3. The highest BCUT2D eigenvalue weighted by molar-refractivity contribution is 7.92. The molecule has 176 valence electrons. The number of nitrogens with zero attached hydrogens (tertiary/aromatic N) is 4. The maximum atomic E-state index is 13.7. The van der Waals surface area contributed by atoms with Crippen LogP contribution in [0.1, 0.15) is 22.8 Å². The number of ether oxygens (including phenoxy) is 1. The molecule has 0 amide bonds. The molecule has 0 atom stereocenters. The minimum atomic E-state index is -4.12. The fraction of sp³-hybridized carbons (Fsp3) is 0.174. The summed E-state index contributed by atoms with van der Waals surface area (Å²) in [4.78, 5) is 15.9. The molecule has 2 heterocycles. The van der Waals surface area contributed by atoms with E-state index in [1.807, 2.05) is 29.8 Å². The van der Waals surface area contributed by atoms with E-state index in [0.29, 0.717) is 5.56 Å². The van der Waals surface area contributed by atoms with Crippen molar-refractivity contribution in [3.05, 3.63) is 82.1 Å². The first-order chi connectivity index (χ1) is 16.2. The Morgan fingerprint density at radius 1 is 1.09 bits per heavy atom. The second-order valence-corrected chi connectivity index (χ2v) is 10.0. The quantitative estimate of drug-likeness (QED) is 0.321. The van der Waals surface area contributed by atoms with E-state index < -0.39 is 16.0 Å². The van der Waals surface area contributed by atoms with E-state index in [1.165, 1.54) is 43.6 Å². The van der Waals surface area contributed by atoms with E-state index in [0.717, 1.165) is 21.8 Å². The van der Waals surface area contributed by atoms with Gasteiger partial charge in [0.25, 0.3) is 10.0 Å². The molecule has 4 aromatic rings. The van der Waals surface area contributed by atoms with Crippen molar-refractivity contribution in [2.24, 2.45) is 0 Å². The number of hydrogen-bond acceptors (Lipinski definition) is 6. The molecule has 0 unspecified atom stereocenters. The third-order valence-corrected chi connectivity index (χ3v) is 7.46. The van der Waals surface area contributed by atoms with Crippen LogP contribution >= 0.6 is 23.2 Å². The van der Waals surface area contributed by atoms with Gasteiger partial charge in [0.1, 0.15) is 0 Å². The maximum Gasteiger partial charge on any atom is 0.337 e. The van der Waals surface area contributed by atoms with Crippen molar-refractivity contribution in [3.63, 3.8) is 0 Å². The van der Waals surface area contributed by atoms with Crippen molar-refractivity contribution < 1.29 is 17.9 Å².